The molecule has 0 fully saturated rings. The normalized spacial score (nSPS) is 13.4. The summed E-state index contributed by atoms with van der Waals surface area (Å²) in [7, 11) is 0. The summed E-state index contributed by atoms with van der Waals surface area (Å²) in [4.78, 5) is 38.1. The molecule has 0 aromatic rings. The van der Waals surface area contributed by atoms with Crippen LogP contribution >= 0.6 is 0 Å². The smallest absolute Gasteiger partial charge is 0.306 e. The molecule has 69 heavy (non-hydrogen) atoms. The van der Waals surface area contributed by atoms with Crippen LogP contribution in [0.1, 0.15) is 201 Å². The number of carbonyl (C=O) groups is 3. The summed E-state index contributed by atoms with van der Waals surface area (Å²) in [5, 5.41) is 0. The molecule has 0 aromatic heterocycles. The molecule has 0 aliphatic carbocycles. The number of hydrogen-bond acceptors (Lipinski definition) is 6. The van der Waals surface area contributed by atoms with Gasteiger partial charge in [-0.1, -0.05) is 256 Å². The minimum Gasteiger partial charge on any atom is -0.462 e. The van der Waals surface area contributed by atoms with Gasteiger partial charge in [0.25, 0.3) is 0 Å². The monoisotopic (exact) mass is 949 g/mol. The average Bonchev–Trinajstić information content (AvgIpc) is 3.35. The van der Waals surface area contributed by atoms with Crippen molar-refractivity contribution in [2.75, 3.05) is 13.2 Å². The van der Waals surface area contributed by atoms with Gasteiger partial charge in [-0.25, -0.2) is 0 Å². The van der Waals surface area contributed by atoms with E-state index in [1.807, 2.05) is 122 Å². The van der Waals surface area contributed by atoms with Gasteiger partial charge < -0.3 is 14.2 Å². The van der Waals surface area contributed by atoms with Gasteiger partial charge in [0.15, 0.2) is 6.10 Å². The lowest BCUT2D eigenvalue weighted by Crippen LogP contribution is -2.30. The van der Waals surface area contributed by atoms with Crippen LogP contribution in [-0.2, 0) is 28.6 Å². The van der Waals surface area contributed by atoms with Gasteiger partial charge in [0.05, 0.1) is 0 Å². The van der Waals surface area contributed by atoms with E-state index in [0.29, 0.717) is 19.3 Å². The van der Waals surface area contributed by atoms with Gasteiger partial charge in [-0.2, -0.15) is 0 Å². The molecule has 0 bridgehead atoms. The van der Waals surface area contributed by atoms with Crippen LogP contribution in [0.2, 0.25) is 0 Å². The highest BCUT2D eigenvalue weighted by atomic mass is 16.6. The molecule has 0 rings (SSSR count). The van der Waals surface area contributed by atoms with Crippen LogP contribution in [0.3, 0.4) is 0 Å². The number of rotatable bonds is 46. The van der Waals surface area contributed by atoms with E-state index in [-0.39, 0.29) is 44.0 Å². The van der Waals surface area contributed by atoms with E-state index in [4.69, 9.17) is 14.2 Å². The Kier molecular flexibility index (Phi) is 51.6. The van der Waals surface area contributed by atoms with Gasteiger partial charge in [0.1, 0.15) is 13.2 Å². The van der Waals surface area contributed by atoms with E-state index in [0.717, 1.165) is 70.6 Å². The molecule has 6 nitrogen and oxygen atoms in total. The lowest BCUT2D eigenvalue weighted by molar-refractivity contribution is -0.167. The van der Waals surface area contributed by atoms with Crippen LogP contribution in [0.15, 0.2) is 158 Å². The topological polar surface area (TPSA) is 78.9 Å². The molecule has 0 N–H and O–H groups in total. The SMILES string of the molecule is CC\C=C/C=C\C=C/C=C\C=C\C=C/CCCCCC(=O)OCC(COC(=O)CCCCCCCCC/C=C\CCCCCCCC)OC(=O)CCCCC\C=C/C=C/C=C\C=C/C=C\C=C/CC. The fourth-order valence-electron chi connectivity index (χ4n) is 6.79. The molecular formula is C63H96O6. The maximum absolute atomic E-state index is 12.8. The Morgan fingerprint density at radius 3 is 0.942 bits per heavy atom. The third-order valence-electron chi connectivity index (χ3n) is 10.8. The zero-order valence-electron chi connectivity index (χ0n) is 43.8. The summed E-state index contributed by atoms with van der Waals surface area (Å²) in [6.07, 6.45) is 80.8. The lowest BCUT2D eigenvalue weighted by atomic mass is 10.1. The van der Waals surface area contributed by atoms with E-state index in [2.05, 4.69) is 57.2 Å². The van der Waals surface area contributed by atoms with Crippen molar-refractivity contribution >= 4 is 17.9 Å². The maximum atomic E-state index is 12.8. The zero-order chi connectivity index (χ0) is 50.0. The Morgan fingerprint density at radius 2 is 0.580 bits per heavy atom. The summed E-state index contributed by atoms with van der Waals surface area (Å²) < 4.78 is 16.8. The first-order valence-corrected chi connectivity index (χ1v) is 27.2. The summed E-state index contributed by atoms with van der Waals surface area (Å²) in [5.74, 6) is -1.02. The minimum absolute atomic E-state index is 0.121. The second kappa shape index (κ2) is 55.6. The Balaban J connectivity index is 4.61. The van der Waals surface area contributed by atoms with E-state index < -0.39 is 6.10 Å². The summed E-state index contributed by atoms with van der Waals surface area (Å²) in [6, 6.07) is 0. The van der Waals surface area contributed by atoms with Gasteiger partial charge >= 0.3 is 17.9 Å². The molecule has 0 spiro atoms. The molecule has 0 radical (unpaired) electrons. The zero-order valence-corrected chi connectivity index (χ0v) is 43.8. The highest BCUT2D eigenvalue weighted by molar-refractivity contribution is 5.71. The third kappa shape index (κ3) is 53.8. The predicted octanol–water partition coefficient (Wildman–Crippen LogP) is 18.2. The second-order valence-electron chi connectivity index (χ2n) is 17.3. The molecule has 0 aliphatic rings. The highest BCUT2D eigenvalue weighted by Crippen LogP contribution is 2.13. The van der Waals surface area contributed by atoms with Crippen LogP contribution in [0.4, 0.5) is 0 Å². The van der Waals surface area contributed by atoms with E-state index in [1.54, 1.807) is 0 Å². The Hall–Kier alpha value is -4.97. The first-order valence-electron chi connectivity index (χ1n) is 27.2. The largest absolute Gasteiger partial charge is 0.462 e. The Morgan fingerprint density at radius 1 is 0.304 bits per heavy atom. The van der Waals surface area contributed by atoms with Crippen LogP contribution in [0.25, 0.3) is 0 Å². The lowest BCUT2D eigenvalue weighted by Gasteiger charge is -2.18. The predicted molar refractivity (Wildman–Crippen MR) is 297 cm³/mol. The van der Waals surface area contributed by atoms with Crippen molar-refractivity contribution < 1.29 is 28.6 Å². The molecule has 0 heterocycles. The van der Waals surface area contributed by atoms with Crippen molar-refractivity contribution in [3.05, 3.63) is 158 Å². The first kappa shape index (κ1) is 64.0. The molecule has 0 amide bonds. The van der Waals surface area contributed by atoms with E-state index >= 15 is 0 Å². The van der Waals surface area contributed by atoms with Crippen molar-refractivity contribution in [2.24, 2.45) is 0 Å². The molecule has 1 atom stereocenters. The van der Waals surface area contributed by atoms with Gasteiger partial charge in [-0.3, -0.25) is 14.4 Å². The van der Waals surface area contributed by atoms with Crippen LogP contribution in [0, 0.1) is 0 Å². The quantitative estimate of drug-likeness (QED) is 0.0199. The Bertz CT molecular complexity index is 1610. The maximum Gasteiger partial charge on any atom is 0.306 e. The number of carbonyl (C=O) groups excluding carboxylic acids is 3. The Labute approximate surface area is 422 Å². The number of hydrogen-bond donors (Lipinski definition) is 0. The minimum atomic E-state index is -0.830. The fraction of sp³-hybridized carbons (Fsp3) is 0.540. The molecule has 0 saturated heterocycles. The van der Waals surface area contributed by atoms with Crippen LogP contribution < -0.4 is 0 Å². The van der Waals surface area contributed by atoms with Gasteiger partial charge in [-0.15, -0.1) is 0 Å². The van der Waals surface area contributed by atoms with Gasteiger partial charge in [0.2, 0.25) is 0 Å². The average molecular weight is 949 g/mol. The summed E-state index contributed by atoms with van der Waals surface area (Å²) in [6.45, 7) is 6.24. The second-order valence-corrected chi connectivity index (χ2v) is 17.3. The van der Waals surface area contributed by atoms with Crippen molar-refractivity contribution in [3.8, 4) is 0 Å². The number of allylic oxidation sites excluding steroid dienone is 26. The molecule has 6 heteroatoms. The van der Waals surface area contributed by atoms with E-state index in [9.17, 15) is 14.4 Å². The first-order chi connectivity index (χ1) is 34.0. The highest BCUT2D eigenvalue weighted by Gasteiger charge is 2.19. The van der Waals surface area contributed by atoms with Crippen LogP contribution in [-0.4, -0.2) is 37.2 Å². The van der Waals surface area contributed by atoms with Gasteiger partial charge in [0, 0.05) is 19.3 Å². The van der Waals surface area contributed by atoms with E-state index in [1.165, 1.54) is 77.0 Å². The molecule has 384 valence electrons. The van der Waals surface area contributed by atoms with Crippen molar-refractivity contribution in [1.29, 1.82) is 0 Å². The van der Waals surface area contributed by atoms with Gasteiger partial charge in [-0.05, 0) is 83.5 Å². The number of ether oxygens (including phenoxy) is 3. The van der Waals surface area contributed by atoms with Crippen molar-refractivity contribution in [3.63, 3.8) is 0 Å². The van der Waals surface area contributed by atoms with Crippen molar-refractivity contribution in [2.45, 2.75) is 207 Å². The number of esters is 3. The molecule has 0 saturated carbocycles. The molecule has 0 aliphatic heterocycles. The summed E-state index contributed by atoms with van der Waals surface area (Å²) >= 11 is 0. The molecular weight excluding hydrogens is 853 g/mol. The fourth-order valence-corrected chi connectivity index (χ4v) is 6.79. The molecule has 1 unspecified atom stereocenters. The molecule has 0 aromatic carbocycles. The third-order valence-corrected chi connectivity index (χ3v) is 10.8. The van der Waals surface area contributed by atoms with Crippen molar-refractivity contribution in [1.82, 2.24) is 0 Å². The standard InChI is InChI=1S/C63H96O6/c1-4-7-10-13-16-19-22-25-28-31-34-37-40-43-46-49-52-55-61(64)67-58-60(69-63(66)57-54-51-48-45-42-39-36-33-30-27-24-21-18-15-12-9-6-3)59-68-62(65)56-53-50-47-44-41-38-35-32-29-26-23-20-17-14-11-8-5-2/h7,9-10,12-13,15-16,18-19,21-22,24-31,33-34,36-37,39-40,42,60H,4-6,8,11,14,17,20,23,32,35,38,41,43-59H2,1-3H3/b10-7-,12-9-,16-13-,18-15-,22-19-,24-21-,28-25-,29-26-,30-27-,34-31+,36-33+,40-37-,42-39-. The van der Waals surface area contributed by atoms with Crippen LogP contribution in [0.5, 0.6) is 0 Å². The summed E-state index contributed by atoms with van der Waals surface area (Å²) in [5.41, 5.74) is 0. The number of unbranched alkanes of at least 4 members (excludes halogenated alkanes) is 19.